The maximum Gasteiger partial charge on any atom is 0.275 e. The van der Waals surface area contributed by atoms with Crippen LogP contribution < -0.4 is 11.3 Å². The second-order valence-corrected chi connectivity index (χ2v) is 5.66. The van der Waals surface area contributed by atoms with Gasteiger partial charge in [0.15, 0.2) is 0 Å². The van der Waals surface area contributed by atoms with E-state index in [1.54, 1.807) is 6.07 Å². The summed E-state index contributed by atoms with van der Waals surface area (Å²) in [4.78, 5) is 12.9. The summed E-state index contributed by atoms with van der Waals surface area (Å²) in [6.07, 6.45) is 1.28. The number of rotatable bonds is 6. The average molecular weight is 256 g/mol. The van der Waals surface area contributed by atoms with Gasteiger partial charge in [-0.2, -0.15) is 0 Å². The Morgan fingerprint density at radius 2 is 2.18 bits per heavy atom. The number of nitrogen functional groups attached to an aromatic ring is 1. The Morgan fingerprint density at radius 1 is 1.47 bits per heavy atom. The number of hydrogen-bond acceptors (Lipinski definition) is 4. The van der Waals surface area contributed by atoms with Crippen LogP contribution >= 0.6 is 11.3 Å². The maximum atomic E-state index is 11.2. The highest BCUT2D eigenvalue weighted by Gasteiger charge is 2.09. The van der Waals surface area contributed by atoms with Crippen LogP contribution in [0.5, 0.6) is 0 Å². The Hall–Kier alpha value is -0.910. The van der Waals surface area contributed by atoms with Gasteiger partial charge in [0.05, 0.1) is 17.6 Å². The van der Waals surface area contributed by atoms with Gasteiger partial charge in [0.1, 0.15) is 0 Å². The molecule has 5 heteroatoms. The molecule has 96 valence electrons. The fraction of sp³-hybridized carbons (Fsp3) is 0.583. The molecule has 3 N–H and O–H groups in total. The summed E-state index contributed by atoms with van der Waals surface area (Å²) in [5, 5.41) is 0. The first kappa shape index (κ1) is 14.2. The minimum Gasteiger partial charge on any atom is -0.373 e. The molecule has 1 heterocycles. The van der Waals surface area contributed by atoms with Gasteiger partial charge in [0, 0.05) is 4.88 Å². The van der Waals surface area contributed by atoms with E-state index in [0.29, 0.717) is 17.4 Å². The number of nitrogens with two attached hydrogens (primary N) is 1. The first-order valence-corrected chi connectivity index (χ1v) is 6.55. The third-order valence-electron chi connectivity index (χ3n) is 2.33. The number of ether oxygens (including phenoxy) is 1. The lowest BCUT2D eigenvalue weighted by Crippen LogP contribution is -2.29. The van der Waals surface area contributed by atoms with Crippen molar-refractivity contribution in [1.29, 1.82) is 0 Å². The molecular formula is C12H20N2O2S. The predicted octanol–water partition coefficient (Wildman–Crippen LogP) is 2.30. The molecule has 0 aromatic carbocycles. The van der Waals surface area contributed by atoms with Crippen LogP contribution in [0.4, 0.5) is 0 Å². The number of carbonyl (C=O) groups excluding carboxylic acids is 1. The number of nitrogens with one attached hydrogen (secondary N) is 1. The van der Waals surface area contributed by atoms with E-state index in [0.717, 1.165) is 11.3 Å². The average Bonchev–Trinajstić information content (AvgIpc) is 2.73. The Labute approximate surface area is 106 Å². The molecule has 0 fully saturated rings. The van der Waals surface area contributed by atoms with Crippen molar-refractivity contribution in [1.82, 2.24) is 5.43 Å². The highest BCUT2D eigenvalue weighted by atomic mass is 32.1. The third-order valence-corrected chi connectivity index (χ3v) is 3.39. The lowest BCUT2D eigenvalue weighted by Gasteiger charge is -2.14. The van der Waals surface area contributed by atoms with Gasteiger partial charge in [0.25, 0.3) is 5.91 Å². The van der Waals surface area contributed by atoms with E-state index < -0.39 is 0 Å². The molecule has 0 saturated heterocycles. The van der Waals surface area contributed by atoms with Gasteiger partial charge in [-0.25, -0.2) is 5.84 Å². The molecule has 0 spiro atoms. The number of thiophene rings is 1. The van der Waals surface area contributed by atoms with Crippen molar-refractivity contribution in [3.63, 3.8) is 0 Å². The van der Waals surface area contributed by atoms with Crippen LogP contribution in [0.2, 0.25) is 0 Å². The highest BCUT2D eigenvalue weighted by molar-refractivity contribution is 7.14. The SMILES string of the molecule is CC(C)CC(C)OCc1ccc(C(=O)NN)s1. The summed E-state index contributed by atoms with van der Waals surface area (Å²) in [7, 11) is 0. The molecule has 0 aliphatic heterocycles. The third kappa shape index (κ3) is 4.85. The fourth-order valence-corrected chi connectivity index (χ4v) is 2.44. The number of amides is 1. The zero-order valence-electron chi connectivity index (χ0n) is 10.5. The quantitative estimate of drug-likeness (QED) is 0.466. The van der Waals surface area contributed by atoms with E-state index in [-0.39, 0.29) is 12.0 Å². The van der Waals surface area contributed by atoms with E-state index in [1.165, 1.54) is 11.3 Å². The van der Waals surface area contributed by atoms with E-state index in [9.17, 15) is 4.79 Å². The first-order chi connectivity index (χ1) is 8.02. The Morgan fingerprint density at radius 3 is 2.76 bits per heavy atom. The molecule has 1 aromatic heterocycles. The minimum absolute atomic E-state index is 0.240. The lowest BCUT2D eigenvalue weighted by molar-refractivity contribution is 0.0412. The van der Waals surface area contributed by atoms with Gasteiger partial charge in [-0.05, 0) is 31.4 Å². The first-order valence-electron chi connectivity index (χ1n) is 5.74. The van der Waals surface area contributed by atoms with E-state index in [2.05, 4.69) is 26.2 Å². The molecule has 4 nitrogen and oxygen atoms in total. The molecule has 1 unspecified atom stereocenters. The Bertz CT molecular complexity index is 363. The van der Waals surface area contributed by atoms with Crippen LogP contribution in [0, 0.1) is 5.92 Å². The molecule has 0 aliphatic rings. The zero-order chi connectivity index (χ0) is 12.8. The summed E-state index contributed by atoms with van der Waals surface area (Å²) in [5.74, 6) is 5.44. The van der Waals surface area contributed by atoms with Crippen molar-refractivity contribution < 1.29 is 9.53 Å². The minimum atomic E-state index is -0.253. The summed E-state index contributed by atoms with van der Waals surface area (Å²) in [6, 6.07) is 3.66. The Kier molecular flexibility index (Phi) is 5.61. The smallest absolute Gasteiger partial charge is 0.275 e. The van der Waals surface area contributed by atoms with E-state index >= 15 is 0 Å². The summed E-state index contributed by atoms with van der Waals surface area (Å²) in [5.41, 5.74) is 2.12. The largest absolute Gasteiger partial charge is 0.373 e. The maximum absolute atomic E-state index is 11.2. The fourth-order valence-electron chi connectivity index (χ4n) is 1.60. The van der Waals surface area contributed by atoms with Crippen molar-refractivity contribution >= 4 is 17.2 Å². The number of hydrogen-bond donors (Lipinski definition) is 2. The summed E-state index contributed by atoms with van der Waals surface area (Å²) in [6.45, 7) is 6.97. The van der Waals surface area contributed by atoms with Gasteiger partial charge in [0.2, 0.25) is 0 Å². The van der Waals surface area contributed by atoms with Crippen molar-refractivity contribution in [2.75, 3.05) is 0 Å². The molecule has 0 aliphatic carbocycles. The Balaban J connectivity index is 2.42. The number of hydrazine groups is 1. The van der Waals surface area contributed by atoms with Gasteiger partial charge in [-0.1, -0.05) is 13.8 Å². The standard InChI is InChI=1S/C12H20N2O2S/c1-8(2)6-9(3)16-7-10-4-5-11(17-10)12(15)14-13/h4-5,8-9H,6-7,13H2,1-3H3,(H,14,15). The zero-order valence-corrected chi connectivity index (χ0v) is 11.3. The summed E-state index contributed by atoms with van der Waals surface area (Å²) < 4.78 is 5.71. The monoisotopic (exact) mass is 256 g/mol. The molecule has 1 aromatic rings. The van der Waals surface area contributed by atoms with Gasteiger partial charge in [-0.3, -0.25) is 10.2 Å². The topological polar surface area (TPSA) is 64.3 Å². The summed E-state index contributed by atoms with van der Waals surface area (Å²) >= 11 is 1.41. The van der Waals surface area contributed by atoms with Gasteiger partial charge < -0.3 is 4.74 Å². The van der Waals surface area contributed by atoms with Crippen molar-refractivity contribution in [2.24, 2.45) is 11.8 Å². The van der Waals surface area contributed by atoms with Crippen LogP contribution in [0.1, 0.15) is 41.7 Å². The predicted molar refractivity (Wildman–Crippen MR) is 69.7 cm³/mol. The molecule has 1 atom stereocenters. The van der Waals surface area contributed by atoms with Crippen LogP contribution in [0.15, 0.2) is 12.1 Å². The molecule has 0 saturated carbocycles. The van der Waals surface area contributed by atoms with Crippen LogP contribution in [0.25, 0.3) is 0 Å². The van der Waals surface area contributed by atoms with Crippen LogP contribution in [-0.2, 0) is 11.3 Å². The second-order valence-electron chi connectivity index (χ2n) is 4.49. The number of carbonyl (C=O) groups is 1. The molecular weight excluding hydrogens is 236 g/mol. The van der Waals surface area contributed by atoms with Crippen molar-refractivity contribution in [3.05, 3.63) is 21.9 Å². The van der Waals surface area contributed by atoms with Crippen molar-refractivity contribution in [3.8, 4) is 0 Å². The van der Waals surface area contributed by atoms with Crippen LogP contribution in [0.3, 0.4) is 0 Å². The van der Waals surface area contributed by atoms with E-state index in [1.807, 2.05) is 6.07 Å². The van der Waals surface area contributed by atoms with Crippen molar-refractivity contribution in [2.45, 2.75) is 39.9 Å². The lowest BCUT2D eigenvalue weighted by atomic mass is 10.1. The molecule has 17 heavy (non-hydrogen) atoms. The molecule has 1 rings (SSSR count). The molecule has 1 amide bonds. The molecule has 0 radical (unpaired) electrons. The molecule has 0 bridgehead atoms. The van der Waals surface area contributed by atoms with Gasteiger partial charge in [-0.15, -0.1) is 11.3 Å². The van der Waals surface area contributed by atoms with Gasteiger partial charge >= 0.3 is 0 Å². The van der Waals surface area contributed by atoms with E-state index in [4.69, 9.17) is 10.6 Å². The second kappa shape index (κ2) is 6.74. The van der Waals surface area contributed by atoms with Crippen LogP contribution in [-0.4, -0.2) is 12.0 Å². The highest BCUT2D eigenvalue weighted by Crippen LogP contribution is 2.18. The normalized spacial score (nSPS) is 12.8.